The normalized spacial score (nSPS) is 12.3. The first-order valence-electron chi connectivity index (χ1n) is 4.42. The maximum absolute atomic E-state index is 10.8. The third-order valence-corrected chi connectivity index (χ3v) is 2.12. The highest BCUT2D eigenvalue weighted by molar-refractivity contribution is 5.24. The molecule has 0 bridgehead atoms. The first-order chi connectivity index (χ1) is 7.33. The van der Waals surface area contributed by atoms with Gasteiger partial charge in [0.05, 0.1) is 0 Å². The Morgan fingerprint density at radius 1 is 1.33 bits per heavy atom. The van der Waals surface area contributed by atoms with Crippen LogP contribution >= 0.6 is 0 Å². The Labute approximate surface area is 85.9 Å². The van der Waals surface area contributed by atoms with Crippen molar-refractivity contribution in [1.29, 1.82) is 0 Å². The van der Waals surface area contributed by atoms with Crippen LogP contribution in [0.4, 0.5) is 0 Å². The van der Waals surface area contributed by atoms with E-state index in [2.05, 4.69) is 20.7 Å². The lowest BCUT2D eigenvalue weighted by Crippen LogP contribution is -2.06. The van der Waals surface area contributed by atoms with Gasteiger partial charge in [-0.25, -0.2) is 4.68 Å². The van der Waals surface area contributed by atoms with Crippen LogP contribution in [-0.2, 0) is 7.05 Å². The van der Waals surface area contributed by atoms with Crippen LogP contribution in [0.15, 0.2) is 35.5 Å². The summed E-state index contributed by atoms with van der Waals surface area (Å²) < 4.78 is 1.44. The Kier molecular flexibility index (Phi) is 2.49. The molecule has 1 heterocycles. The van der Waals surface area contributed by atoms with E-state index in [1.807, 2.05) is 30.3 Å². The van der Waals surface area contributed by atoms with E-state index >= 15 is 0 Å². The molecule has 0 saturated heterocycles. The minimum Gasteiger partial charge on any atom is -0.230 e. The van der Waals surface area contributed by atoms with Crippen LogP contribution < -0.4 is 0 Å². The third-order valence-electron chi connectivity index (χ3n) is 2.12. The quantitative estimate of drug-likeness (QED) is 0.699. The molecule has 76 valence electrons. The maximum atomic E-state index is 10.8. The second-order valence-corrected chi connectivity index (χ2v) is 3.08. The molecule has 1 unspecified atom stereocenters. The number of tetrazole rings is 1. The Bertz CT molecular complexity index is 453. The average molecular weight is 203 g/mol. The van der Waals surface area contributed by atoms with E-state index in [0.29, 0.717) is 5.82 Å². The minimum atomic E-state index is -0.647. The molecule has 0 N–H and O–H groups in total. The van der Waals surface area contributed by atoms with Crippen LogP contribution in [0.25, 0.3) is 0 Å². The van der Waals surface area contributed by atoms with Crippen LogP contribution in [0.5, 0.6) is 0 Å². The van der Waals surface area contributed by atoms with Crippen molar-refractivity contribution in [2.24, 2.45) is 12.2 Å². The second-order valence-electron chi connectivity index (χ2n) is 3.08. The highest BCUT2D eigenvalue weighted by Gasteiger charge is 2.20. The van der Waals surface area contributed by atoms with Crippen molar-refractivity contribution >= 4 is 0 Å². The summed E-state index contributed by atoms with van der Waals surface area (Å²) in [6.07, 6.45) is 0. The summed E-state index contributed by atoms with van der Waals surface area (Å²) in [6, 6.07) is 8.56. The summed E-state index contributed by atoms with van der Waals surface area (Å²) in [4.78, 5) is 10.8. The fraction of sp³-hybridized carbons (Fsp3) is 0.222. The van der Waals surface area contributed by atoms with Gasteiger partial charge in [0, 0.05) is 7.05 Å². The molecule has 0 aliphatic heterocycles. The van der Waals surface area contributed by atoms with Crippen LogP contribution in [-0.4, -0.2) is 20.2 Å². The van der Waals surface area contributed by atoms with Crippen LogP contribution in [0.2, 0.25) is 0 Å². The summed E-state index contributed by atoms with van der Waals surface area (Å²) in [5, 5.41) is 14.0. The fourth-order valence-electron chi connectivity index (χ4n) is 1.36. The van der Waals surface area contributed by atoms with E-state index in [9.17, 15) is 4.91 Å². The molecule has 0 fully saturated rings. The van der Waals surface area contributed by atoms with Crippen molar-refractivity contribution in [3.63, 3.8) is 0 Å². The summed E-state index contributed by atoms with van der Waals surface area (Å²) in [6.45, 7) is 0. The molecule has 6 nitrogen and oxygen atoms in total. The lowest BCUT2D eigenvalue weighted by molar-refractivity contribution is 0.648. The van der Waals surface area contributed by atoms with Crippen LogP contribution in [0.1, 0.15) is 17.4 Å². The van der Waals surface area contributed by atoms with Crippen molar-refractivity contribution in [1.82, 2.24) is 20.2 Å². The smallest absolute Gasteiger partial charge is 0.183 e. The predicted octanol–water partition coefficient (Wildman–Crippen LogP) is 1.07. The molecular formula is C9H9N5O. The van der Waals surface area contributed by atoms with E-state index in [0.717, 1.165) is 5.56 Å². The zero-order chi connectivity index (χ0) is 10.7. The zero-order valence-electron chi connectivity index (χ0n) is 8.11. The average Bonchev–Trinajstić information content (AvgIpc) is 2.68. The molecule has 0 aliphatic rings. The largest absolute Gasteiger partial charge is 0.230 e. The van der Waals surface area contributed by atoms with Crippen molar-refractivity contribution in [2.45, 2.75) is 6.04 Å². The van der Waals surface area contributed by atoms with Gasteiger partial charge in [-0.2, -0.15) is 0 Å². The van der Waals surface area contributed by atoms with Gasteiger partial charge >= 0.3 is 0 Å². The molecule has 1 aromatic heterocycles. The van der Waals surface area contributed by atoms with Crippen molar-refractivity contribution < 1.29 is 0 Å². The Hall–Kier alpha value is -2.11. The van der Waals surface area contributed by atoms with Gasteiger partial charge in [-0.15, -0.1) is 10.0 Å². The van der Waals surface area contributed by atoms with E-state index < -0.39 is 6.04 Å². The maximum Gasteiger partial charge on any atom is 0.183 e. The second kappa shape index (κ2) is 3.95. The lowest BCUT2D eigenvalue weighted by Gasteiger charge is -2.06. The highest BCUT2D eigenvalue weighted by Crippen LogP contribution is 2.22. The molecule has 6 heteroatoms. The fourth-order valence-corrected chi connectivity index (χ4v) is 1.36. The number of aryl methyl sites for hydroxylation is 1. The SMILES string of the molecule is Cn1nnnc1C(N=O)c1ccccc1. The van der Waals surface area contributed by atoms with E-state index in [4.69, 9.17) is 0 Å². The summed E-state index contributed by atoms with van der Waals surface area (Å²) in [5.74, 6) is 0.441. The molecule has 1 atom stereocenters. The first kappa shape index (κ1) is 9.45. The van der Waals surface area contributed by atoms with Gasteiger partial charge in [0.1, 0.15) is 0 Å². The van der Waals surface area contributed by atoms with Crippen LogP contribution in [0.3, 0.4) is 0 Å². The molecule has 0 amide bonds. The molecule has 1 aromatic carbocycles. The Morgan fingerprint density at radius 2 is 2.07 bits per heavy atom. The number of nitrogens with zero attached hydrogens (tertiary/aromatic N) is 5. The number of rotatable bonds is 3. The molecule has 0 spiro atoms. The number of benzene rings is 1. The van der Waals surface area contributed by atoms with Gasteiger partial charge in [-0.05, 0) is 16.0 Å². The molecule has 2 aromatic rings. The molecule has 0 radical (unpaired) electrons. The lowest BCUT2D eigenvalue weighted by atomic mass is 10.1. The van der Waals surface area contributed by atoms with E-state index in [1.54, 1.807) is 7.05 Å². The van der Waals surface area contributed by atoms with Gasteiger partial charge in [-0.1, -0.05) is 35.5 Å². The number of hydrogen-bond acceptors (Lipinski definition) is 5. The van der Waals surface area contributed by atoms with Gasteiger partial charge < -0.3 is 0 Å². The van der Waals surface area contributed by atoms with Crippen molar-refractivity contribution in [3.05, 3.63) is 46.6 Å². The minimum absolute atomic E-state index is 0.441. The van der Waals surface area contributed by atoms with E-state index in [-0.39, 0.29) is 0 Å². The molecular weight excluding hydrogens is 194 g/mol. The summed E-state index contributed by atoms with van der Waals surface area (Å²) in [5.41, 5.74) is 0.783. The Balaban J connectivity index is 2.42. The molecule has 0 saturated carbocycles. The van der Waals surface area contributed by atoms with Gasteiger partial charge in [0.2, 0.25) is 0 Å². The van der Waals surface area contributed by atoms with Gasteiger partial charge in [0.25, 0.3) is 0 Å². The number of aromatic nitrogens is 4. The Morgan fingerprint density at radius 3 is 2.60 bits per heavy atom. The van der Waals surface area contributed by atoms with Crippen molar-refractivity contribution in [3.8, 4) is 0 Å². The number of hydrogen-bond donors (Lipinski definition) is 0. The zero-order valence-corrected chi connectivity index (χ0v) is 8.11. The third kappa shape index (κ3) is 1.74. The standard InChI is InChI=1S/C9H9N5O/c1-14-9(10-12-13-14)8(11-15)7-5-3-2-4-6-7/h2-6,8H,1H3. The molecule has 2 rings (SSSR count). The molecule has 0 aliphatic carbocycles. The topological polar surface area (TPSA) is 73.0 Å². The monoisotopic (exact) mass is 203 g/mol. The van der Waals surface area contributed by atoms with Gasteiger partial charge in [0.15, 0.2) is 11.9 Å². The van der Waals surface area contributed by atoms with Crippen molar-refractivity contribution in [2.75, 3.05) is 0 Å². The summed E-state index contributed by atoms with van der Waals surface area (Å²) in [7, 11) is 1.68. The number of nitroso groups, excluding NO2 is 1. The van der Waals surface area contributed by atoms with Gasteiger partial charge in [-0.3, -0.25) is 0 Å². The first-order valence-corrected chi connectivity index (χ1v) is 4.42. The molecule has 15 heavy (non-hydrogen) atoms. The summed E-state index contributed by atoms with van der Waals surface area (Å²) >= 11 is 0. The predicted molar refractivity (Wildman–Crippen MR) is 52.9 cm³/mol. The highest BCUT2D eigenvalue weighted by atomic mass is 16.3. The van der Waals surface area contributed by atoms with Crippen LogP contribution in [0, 0.1) is 4.91 Å². The van der Waals surface area contributed by atoms with E-state index in [1.165, 1.54) is 4.68 Å².